The zero-order valence-corrected chi connectivity index (χ0v) is 13.8. The van der Waals surface area contributed by atoms with E-state index < -0.39 is 7.87 Å². The number of hydrogen-bond acceptors (Lipinski definition) is 4. The van der Waals surface area contributed by atoms with Gasteiger partial charge in [-0.15, -0.1) is 19.1 Å². The summed E-state index contributed by atoms with van der Waals surface area (Å²) in [5.41, 5.74) is 0. The van der Waals surface area contributed by atoms with Crippen LogP contribution in [-0.2, 0) is 0 Å². The normalized spacial score (nSPS) is 20.2. The van der Waals surface area contributed by atoms with E-state index in [2.05, 4.69) is 53.7 Å². The summed E-state index contributed by atoms with van der Waals surface area (Å²) in [4.78, 5) is 0. The van der Waals surface area contributed by atoms with Gasteiger partial charge in [-0.2, -0.15) is 0 Å². The lowest BCUT2D eigenvalue weighted by Gasteiger charge is -2.42. The van der Waals surface area contributed by atoms with Gasteiger partial charge in [0, 0.05) is 32.7 Å². The number of nitrogens with zero attached hydrogens (tertiary/aromatic N) is 3. The van der Waals surface area contributed by atoms with E-state index in [1.807, 2.05) is 0 Å². The Kier molecular flexibility index (Phi) is 7.04. The fraction of sp³-hybridized carbons (Fsp3) is 1.00. The van der Waals surface area contributed by atoms with E-state index in [9.17, 15) is 0 Å². The molecular formula is C13H32N4P+. The van der Waals surface area contributed by atoms with Gasteiger partial charge in [0.1, 0.15) is 0 Å². The van der Waals surface area contributed by atoms with Gasteiger partial charge in [-0.05, 0) is 34.1 Å². The lowest BCUT2D eigenvalue weighted by atomic mass is 10.5. The smallest absolute Gasteiger partial charge is 0.144 e. The van der Waals surface area contributed by atoms with Crippen molar-refractivity contribution >= 4 is 7.87 Å². The number of hydrogen-bond donors (Lipinski definition) is 1. The second-order valence-electron chi connectivity index (χ2n) is 4.71. The maximum Gasteiger partial charge on any atom is 0.306 e. The molecule has 0 saturated carbocycles. The van der Waals surface area contributed by atoms with Crippen molar-refractivity contribution in [1.82, 2.24) is 19.1 Å². The van der Waals surface area contributed by atoms with Crippen molar-refractivity contribution in [3.8, 4) is 0 Å². The molecule has 1 saturated heterocycles. The molecule has 1 N–H and O–H groups in total. The van der Waals surface area contributed by atoms with E-state index in [0.29, 0.717) is 0 Å². The first-order valence-corrected chi connectivity index (χ1v) is 9.26. The Balaban J connectivity index is 3.05. The van der Waals surface area contributed by atoms with E-state index in [0.717, 1.165) is 32.7 Å². The molecular weight excluding hydrogens is 243 g/mol. The Bertz CT molecular complexity index is 217. The van der Waals surface area contributed by atoms with Gasteiger partial charge in [0.25, 0.3) is 0 Å². The maximum atomic E-state index is 3.90. The number of rotatable bonds is 8. The molecule has 0 aromatic carbocycles. The minimum Gasteiger partial charge on any atom is -0.144 e. The van der Waals surface area contributed by atoms with E-state index in [4.69, 9.17) is 0 Å². The van der Waals surface area contributed by atoms with Gasteiger partial charge in [0.2, 0.25) is 0 Å². The second-order valence-corrected chi connectivity index (χ2v) is 7.86. The molecule has 1 aliphatic heterocycles. The molecule has 0 aliphatic carbocycles. The van der Waals surface area contributed by atoms with E-state index in [1.165, 1.54) is 19.5 Å². The van der Waals surface area contributed by atoms with Crippen LogP contribution in [0.25, 0.3) is 0 Å². The molecule has 0 aromatic heterocycles. The molecule has 0 atom stereocenters. The van der Waals surface area contributed by atoms with Crippen LogP contribution < -0.4 is 5.09 Å². The predicted molar refractivity (Wildman–Crippen MR) is 82.6 cm³/mol. The fourth-order valence-corrected chi connectivity index (χ4v) is 7.56. The maximum absolute atomic E-state index is 3.90. The molecule has 5 heteroatoms. The van der Waals surface area contributed by atoms with Crippen LogP contribution in [-0.4, -0.2) is 59.8 Å². The Morgan fingerprint density at radius 3 is 1.83 bits per heavy atom. The first-order valence-electron chi connectivity index (χ1n) is 7.61. The summed E-state index contributed by atoms with van der Waals surface area (Å²) in [6.45, 7) is 19.5. The third-order valence-corrected chi connectivity index (χ3v) is 8.36. The van der Waals surface area contributed by atoms with Gasteiger partial charge >= 0.3 is 7.87 Å². The van der Waals surface area contributed by atoms with Crippen molar-refractivity contribution in [2.45, 2.75) is 41.0 Å². The first kappa shape index (κ1) is 16.3. The highest BCUT2D eigenvalue weighted by Crippen LogP contribution is 2.65. The molecule has 1 rings (SSSR count). The standard InChI is InChI=1S/C13H32N4P/c1-6-12-17-13-11-14-18(17,15(7-2)8-3)16(9-4)10-5/h14H,6-13H2,1-5H3/q+1. The molecule has 1 aliphatic rings. The van der Waals surface area contributed by atoms with Crippen molar-refractivity contribution in [3.05, 3.63) is 0 Å². The van der Waals surface area contributed by atoms with Crippen LogP contribution in [0, 0.1) is 0 Å². The predicted octanol–water partition coefficient (Wildman–Crippen LogP) is 2.66. The average molecular weight is 275 g/mol. The molecule has 0 amide bonds. The highest BCUT2D eigenvalue weighted by molar-refractivity contribution is 7.67. The Morgan fingerprint density at radius 2 is 1.44 bits per heavy atom. The molecule has 108 valence electrons. The minimum atomic E-state index is -1.44. The van der Waals surface area contributed by atoms with E-state index in [-0.39, 0.29) is 0 Å². The van der Waals surface area contributed by atoms with Gasteiger partial charge in [-0.1, -0.05) is 6.92 Å². The quantitative estimate of drug-likeness (QED) is 0.687. The lowest BCUT2D eigenvalue weighted by Crippen LogP contribution is -2.46. The zero-order valence-electron chi connectivity index (χ0n) is 12.9. The molecule has 0 bridgehead atoms. The van der Waals surface area contributed by atoms with Gasteiger partial charge in [-0.25, -0.2) is 0 Å². The summed E-state index contributed by atoms with van der Waals surface area (Å²) in [6, 6.07) is 0. The first-order chi connectivity index (χ1) is 8.70. The van der Waals surface area contributed by atoms with E-state index in [1.54, 1.807) is 0 Å². The fourth-order valence-electron chi connectivity index (χ4n) is 3.05. The molecule has 1 heterocycles. The summed E-state index contributed by atoms with van der Waals surface area (Å²) < 4.78 is 8.07. The Morgan fingerprint density at radius 1 is 0.944 bits per heavy atom. The highest BCUT2D eigenvalue weighted by Gasteiger charge is 2.57. The van der Waals surface area contributed by atoms with Crippen molar-refractivity contribution in [2.24, 2.45) is 0 Å². The molecule has 4 nitrogen and oxygen atoms in total. The molecule has 0 spiro atoms. The Labute approximate surface area is 114 Å². The van der Waals surface area contributed by atoms with Gasteiger partial charge in [0.05, 0.1) is 13.1 Å². The molecule has 18 heavy (non-hydrogen) atoms. The Hall–Kier alpha value is 0.270. The second kappa shape index (κ2) is 7.76. The summed E-state index contributed by atoms with van der Waals surface area (Å²) in [6.07, 6.45) is 1.24. The molecule has 1 fully saturated rings. The van der Waals surface area contributed by atoms with E-state index >= 15 is 0 Å². The van der Waals surface area contributed by atoms with Crippen LogP contribution in [0.2, 0.25) is 0 Å². The van der Waals surface area contributed by atoms with Crippen molar-refractivity contribution < 1.29 is 0 Å². The van der Waals surface area contributed by atoms with Gasteiger partial charge in [-0.3, -0.25) is 0 Å². The van der Waals surface area contributed by atoms with Crippen LogP contribution >= 0.6 is 7.87 Å². The third kappa shape index (κ3) is 2.88. The molecule has 0 radical (unpaired) electrons. The van der Waals surface area contributed by atoms with Gasteiger partial charge < -0.3 is 0 Å². The lowest BCUT2D eigenvalue weighted by molar-refractivity contribution is 0.337. The third-order valence-electron chi connectivity index (χ3n) is 3.82. The van der Waals surface area contributed by atoms with Crippen LogP contribution in [0.5, 0.6) is 0 Å². The number of nitrogens with one attached hydrogen (secondary N) is 1. The largest absolute Gasteiger partial charge is 0.306 e. The van der Waals surface area contributed by atoms with Crippen molar-refractivity contribution in [2.75, 3.05) is 45.8 Å². The van der Waals surface area contributed by atoms with Crippen LogP contribution in [0.3, 0.4) is 0 Å². The summed E-state index contributed by atoms with van der Waals surface area (Å²) in [7, 11) is -1.44. The summed E-state index contributed by atoms with van der Waals surface area (Å²) in [5.74, 6) is 0. The summed E-state index contributed by atoms with van der Waals surface area (Å²) >= 11 is 0. The van der Waals surface area contributed by atoms with Crippen LogP contribution in [0.1, 0.15) is 41.0 Å². The zero-order chi connectivity index (χ0) is 13.6. The van der Waals surface area contributed by atoms with Crippen molar-refractivity contribution in [1.29, 1.82) is 0 Å². The topological polar surface area (TPSA) is 21.8 Å². The monoisotopic (exact) mass is 275 g/mol. The van der Waals surface area contributed by atoms with Gasteiger partial charge in [0.15, 0.2) is 0 Å². The van der Waals surface area contributed by atoms with Crippen LogP contribution in [0.15, 0.2) is 0 Å². The van der Waals surface area contributed by atoms with Crippen molar-refractivity contribution in [3.63, 3.8) is 0 Å². The average Bonchev–Trinajstić information content (AvgIpc) is 2.78. The summed E-state index contributed by atoms with van der Waals surface area (Å²) in [5, 5.41) is 3.90. The van der Waals surface area contributed by atoms with Crippen LogP contribution in [0.4, 0.5) is 0 Å². The SMILES string of the molecule is CCCN1CCN[P+]1(N(CC)CC)N(CC)CC. The molecule has 0 aromatic rings. The highest BCUT2D eigenvalue weighted by atomic mass is 31.2. The minimum absolute atomic E-state index is 1.13. The molecule has 0 unspecified atom stereocenters.